The van der Waals surface area contributed by atoms with Gasteiger partial charge in [-0.1, -0.05) is 29.8 Å². The Hall–Kier alpha value is -2.71. The Bertz CT molecular complexity index is 1040. The largest absolute Gasteiger partial charge is 0.463 e. The molecule has 0 fully saturated rings. The molecule has 3 aromatic rings. The van der Waals surface area contributed by atoms with Crippen molar-refractivity contribution in [2.24, 2.45) is 0 Å². The van der Waals surface area contributed by atoms with Gasteiger partial charge in [-0.05, 0) is 30.7 Å². The summed E-state index contributed by atoms with van der Waals surface area (Å²) >= 11 is 0. The molecule has 0 saturated heterocycles. The minimum absolute atomic E-state index is 0.0721. The lowest BCUT2D eigenvalue weighted by Gasteiger charge is -2.09. The second kappa shape index (κ2) is 7.67. The lowest BCUT2D eigenvalue weighted by atomic mass is 10.2. The van der Waals surface area contributed by atoms with Crippen LogP contribution < -0.4 is 10.3 Å². The SMILES string of the molecule is Cc1cccc(CS(=O)(=O)NCCn2nc(-c3ccco3)ccc2=O)c1. The predicted octanol–water partition coefficient (Wildman–Crippen LogP) is 1.93. The Kier molecular flexibility index (Phi) is 5.34. The van der Waals surface area contributed by atoms with Crippen LogP contribution in [0.2, 0.25) is 0 Å². The molecule has 0 atom stereocenters. The van der Waals surface area contributed by atoms with E-state index in [1.165, 1.54) is 17.0 Å². The highest BCUT2D eigenvalue weighted by molar-refractivity contribution is 7.88. The molecule has 0 spiro atoms. The molecule has 136 valence electrons. The van der Waals surface area contributed by atoms with Crippen molar-refractivity contribution in [1.29, 1.82) is 0 Å². The van der Waals surface area contributed by atoms with Gasteiger partial charge in [0.05, 0.1) is 18.6 Å². The van der Waals surface area contributed by atoms with Gasteiger partial charge in [-0.15, -0.1) is 0 Å². The third kappa shape index (κ3) is 4.68. The highest BCUT2D eigenvalue weighted by Gasteiger charge is 2.12. The lowest BCUT2D eigenvalue weighted by Crippen LogP contribution is -2.32. The van der Waals surface area contributed by atoms with Crippen LogP contribution in [0.25, 0.3) is 11.5 Å². The normalized spacial score (nSPS) is 11.6. The van der Waals surface area contributed by atoms with Crippen LogP contribution in [0.15, 0.2) is 64.0 Å². The van der Waals surface area contributed by atoms with Gasteiger partial charge in [-0.3, -0.25) is 4.79 Å². The van der Waals surface area contributed by atoms with Crippen LogP contribution >= 0.6 is 0 Å². The topological polar surface area (TPSA) is 94.2 Å². The highest BCUT2D eigenvalue weighted by Crippen LogP contribution is 2.15. The molecule has 0 amide bonds. The quantitative estimate of drug-likeness (QED) is 0.683. The first kappa shape index (κ1) is 18.1. The molecule has 0 aliphatic rings. The van der Waals surface area contributed by atoms with Crippen molar-refractivity contribution in [3.05, 3.63) is 76.3 Å². The average molecular weight is 373 g/mol. The second-order valence-electron chi connectivity index (χ2n) is 5.90. The summed E-state index contributed by atoms with van der Waals surface area (Å²) in [6, 6.07) is 13.7. The number of sulfonamides is 1. The second-order valence-corrected chi connectivity index (χ2v) is 7.71. The maximum absolute atomic E-state index is 12.2. The summed E-state index contributed by atoms with van der Waals surface area (Å²) in [5, 5.41) is 4.21. The molecule has 0 aliphatic heterocycles. The fourth-order valence-electron chi connectivity index (χ4n) is 2.54. The molecular formula is C18H19N3O4S. The zero-order valence-corrected chi connectivity index (χ0v) is 15.1. The molecule has 0 saturated carbocycles. The molecular weight excluding hydrogens is 354 g/mol. The van der Waals surface area contributed by atoms with E-state index in [-0.39, 0.29) is 24.4 Å². The number of rotatable bonds is 7. The summed E-state index contributed by atoms with van der Waals surface area (Å²) in [5.41, 5.74) is 1.92. The molecule has 3 rings (SSSR count). The summed E-state index contributed by atoms with van der Waals surface area (Å²) in [6.45, 7) is 2.11. The summed E-state index contributed by atoms with van der Waals surface area (Å²) < 4.78 is 33.4. The van der Waals surface area contributed by atoms with Crippen molar-refractivity contribution in [2.45, 2.75) is 19.2 Å². The Labute approximate surface area is 151 Å². The number of hydrogen-bond donors (Lipinski definition) is 1. The molecule has 0 bridgehead atoms. The van der Waals surface area contributed by atoms with Crippen molar-refractivity contribution in [2.75, 3.05) is 6.54 Å². The fourth-order valence-corrected chi connectivity index (χ4v) is 3.67. The van der Waals surface area contributed by atoms with Crippen LogP contribution in [-0.4, -0.2) is 24.7 Å². The van der Waals surface area contributed by atoms with Crippen molar-refractivity contribution >= 4 is 10.0 Å². The van der Waals surface area contributed by atoms with E-state index in [1.54, 1.807) is 24.3 Å². The van der Waals surface area contributed by atoms with E-state index in [2.05, 4.69) is 9.82 Å². The van der Waals surface area contributed by atoms with E-state index >= 15 is 0 Å². The fraction of sp³-hybridized carbons (Fsp3) is 0.222. The number of aromatic nitrogens is 2. The Morgan fingerprint density at radius 2 is 2.00 bits per heavy atom. The van der Waals surface area contributed by atoms with E-state index in [0.717, 1.165) is 5.56 Å². The molecule has 8 heteroatoms. The summed E-state index contributed by atoms with van der Waals surface area (Å²) in [4.78, 5) is 11.9. The standard InChI is InChI=1S/C18H19N3O4S/c1-14-4-2-5-15(12-14)13-26(23,24)19-9-10-21-18(22)8-7-16(20-21)17-6-3-11-25-17/h2-8,11-12,19H,9-10,13H2,1H3. The lowest BCUT2D eigenvalue weighted by molar-refractivity contribution is 0.539. The van der Waals surface area contributed by atoms with Gasteiger partial charge in [0.15, 0.2) is 5.76 Å². The van der Waals surface area contributed by atoms with E-state index in [1.807, 2.05) is 25.1 Å². The van der Waals surface area contributed by atoms with Crippen molar-refractivity contribution in [1.82, 2.24) is 14.5 Å². The summed E-state index contributed by atoms with van der Waals surface area (Å²) in [5.74, 6) is 0.433. The third-order valence-corrected chi connectivity index (χ3v) is 5.08. The van der Waals surface area contributed by atoms with Gasteiger partial charge in [0.25, 0.3) is 5.56 Å². The van der Waals surface area contributed by atoms with Crippen LogP contribution in [-0.2, 0) is 22.3 Å². The number of nitrogens with one attached hydrogen (secondary N) is 1. The minimum atomic E-state index is -3.50. The molecule has 1 aromatic carbocycles. The highest BCUT2D eigenvalue weighted by atomic mass is 32.2. The number of benzene rings is 1. The summed E-state index contributed by atoms with van der Waals surface area (Å²) in [6.07, 6.45) is 1.52. The third-order valence-electron chi connectivity index (χ3n) is 3.73. The predicted molar refractivity (Wildman–Crippen MR) is 98.0 cm³/mol. The maximum atomic E-state index is 12.2. The van der Waals surface area contributed by atoms with Gasteiger partial charge in [-0.25, -0.2) is 17.8 Å². The molecule has 1 N–H and O–H groups in total. The average Bonchev–Trinajstić information content (AvgIpc) is 3.10. The Morgan fingerprint density at radius 1 is 1.15 bits per heavy atom. The molecule has 2 aromatic heterocycles. The summed E-state index contributed by atoms with van der Waals surface area (Å²) in [7, 11) is -3.50. The van der Waals surface area contributed by atoms with E-state index in [9.17, 15) is 13.2 Å². The van der Waals surface area contributed by atoms with Crippen LogP contribution in [0.3, 0.4) is 0 Å². The zero-order chi connectivity index (χ0) is 18.6. The number of nitrogens with zero attached hydrogens (tertiary/aromatic N) is 2. The van der Waals surface area contributed by atoms with E-state index in [4.69, 9.17) is 4.42 Å². The Balaban J connectivity index is 1.64. The first-order chi connectivity index (χ1) is 12.4. The molecule has 7 nitrogen and oxygen atoms in total. The monoisotopic (exact) mass is 373 g/mol. The van der Waals surface area contributed by atoms with E-state index in [0.29, 0.717) is 17.0 Å². The van der Waals surface area contributed by atoms with Crippen molar-refractivity contribution < 1.29 is 12.8 Å². The molecule has 26 heavy (non-hydrogen) atoms. The van der Waals surface area contributed by atoms with Gasteiger partial charge < -0.3 is 4.42 Å². The van der Waals surface area contributed by atoms with Crippen LogP contribution in [0.5, 0.6) is 0 Å². The smallest absolute Gasteiger partial charge is 0.266 e. The van der Waals surface area contributed by atoms with Crippen LogP contribution in [0, 0.1) is 6.92 Å². The minimum Gasteiger partial charge on any atom is -0.463 e. The van der Waals surface area contributed by atoms with E-state index < -0.39 is 10.0 Å². The van der Waals surface area contributed by atoms with Gasteiger partial charge in [-0.2, -0.15) is 5.10 Å². The van der Waals surface area contributed by atoms with Crippen molar-refractivity contribution in [3.8, 4) is 11.5 Å². The Morgan fingerprint density at radius 3 is 2.73 bits per heavy atom. The number of furan rings is 1. The molecule has 0 radical (unpaired) electrons. The van der Waals surface area contributed by atoms with Gasteiger partial charge in [0.2, 0.25) is 10.0 Å². The van der Waals surface area contributed by atoms with Gasteiger partial charge in [0, 0.05) is 12.6 Å². The van der Waals surface area contributed by atoms with Gasteiger partial charge in [0.1, 0.15) is 5.69 Å². The first-order valence-electron chi connectivity index (χ1n) is 8.08. The van der Waals surface area contributed by atoms with Crippen LogP contribution in [0.4, 0.5) is 0 Å². The van der Waals surface area contributed by atoms with Crippen molar-refractivity contribution in [3.63, 3.8) is 0 Å². The number of hydrogen-bond acceptors (Lipinski definition) is 5. The molecule has 0 aliphatic carbocycles. The van der Waals surface area contributed by atoms with Crippen LogP contribution in [0.1, 0.15) is 11.1 Å². The number of aryl methyl sites for hydroxylation is 1. The first-order valence-corrected chi connectivity index (χ1v) is 9.73. The van der Waals surface area contributed by atoms with Gasteiger partial charge >= 0.3 is 0 Å². The molecule has 2 heterocycles. The maximum Gasteiger partial charge on any atom is 0.266 e. The molecule has 0 unspecified atom stereocenters. The zero-order valence-electron chi connectivity index (χ0n) is 14.3.